The number of rotatable bonds is 6. The van der Waals surface area contributed by atoms with E-state index in [-0.39, 0.29) is 36.1 Å². The zero-order chi connectivity index (χ0) is 20.4. The Hall–Kier alpha value is -2.12. The zero-order valence-electron chi connectivity index (χ0n) is 16.8. The number of fused-ring (bicyclic) bond motifs is 1. The highest BCUT2D eigenvalue weighted by molar-refractivity contribution is 7.91. The van der Waals surface area contributed by atoms with Crippen LogP contribution in [0.25, 0.3) is 10.8 Å². The number of ether oxygens (including phenoxy) is 1. The minimum Gasteiger partial charge on any atom is -0.376 e. The fourth-order valence-corrected chi connectivity index (χ4v) is 6.01. The van der Waals surface area contributed by atoms with Crippen LogP contribution < -0.4 is 4.90 Å². The van der Waals surface area contributed by atoms with E-state index < -0.39 is 9.84 Å². The van der Waals surface area contributed by atoms with Crippen LogP contribution in [0.5, 0.6) is 0 Å². The molecule has 2 unspecified atom stereocenters. The van der Waals surface area contributed by atoms with Gasteiger partial charge in [0, 0.05) is 31.9 Å². The van der Waals surface area contributed by atoms with Gasteiger partial charge in [0.25, 0.3) is 0 Å². The molecule has 2 aromatic carbocycles. The van der Waals surface area contributed by atoms with Gasteiger partial charge in [0.05, 0.1) is 24.2 Å². The van der Waals surface area contributed by atoms with Crippen molar-refractivity contribution in [1.29, 1.82) is 0 Å². The number of carbonyl (C=O) groups excluding carboxylic acids is 1. The van der Waals surface area contributed by atoms with E-state index >= 15 is 0 Å². The smallest absolute Gasteiger partial charge is 0.242 e. The van der Waals surface area contributed by atoms with E-state index in [9.17, 15) is 13.2 Å². The van der Waals surface area contributed by atoms with E-state index in [0.717, 1.165) is 29.3 Å². The van der Waals surface area contributed by atoms with E-state index in [0.29, 0.717) is 19.6 Å². The number of sulfone groups is 1. The monoisotopic (exact) mass is 416 g/mol. The SMILES string of the molecule is CN(CC(=O)N(CC1CCCO1)C1CCS(=O)(=O)C1)c1ccc2ccccc2c1. The summed E-state index contributed by atoms with van der Waals surface area (Å²) in [5, 5.41) is 2.29. The molecule has 0 N–H and O–H groups in total. The van der Waals surface area contributed by atoms with Crippen molar-refractivity contribution in [2.24, 2.45) is 0 Å². The number of anilines is 1. The number of benzene rings is 2. The normalized spacial score (nSPS) is 23.3. The van der Waals surface area contributed by atoms with Crippen molar-refractivity contribution in [2.75, 3.05) is 43.1 Å². The molecule has 2 heterocycles. The molecule has 2 aliphatic rings. The van der Waals surface area contributed by atoms with Gasteiger partial charge < -0.3 is 14.5 Å². The van der Waals surface area contributed by atoms with Crippen LogP contribution in [0.4, 0.5) is 5.69 Å². The van der Waals surface area contributed by atoms with E-state index in [4.69, 9.17) is 4.74 Å². The summed E-state index contributed by atoms with van der Waals surface area (Å²) in [4.78, 5) is 16.9. The van der Waals surface area contributed by atoms with Crippen molar-refractivity contribution >= 4 is 32.2 Å². The topological polar surface area (TPSA) is 66.9 Å². The first-order valence-corrected chi connectivity index (χ1v) is 12.0. The molecule has 0 bridgehead atoms. The Morgan fingerprint density at radius 3 is 2.62 bits per heavy atom. The van der Waals surface area contributed by atoms with Gasteiger partial charge in [0.15, 0.2) is 9.84 Å². The molecule has 2 aliphatic heterocycles. The molecule has 2 aromatic rings. The van der Waals surface area contributed by atoms with Gasteiger partial charge in [-0.15, -0.1) is 0 Å². The van der Waals surface area contributed by atoms with E-state index in [1.54, 1.807) is 4.90 Å². The van der Waals surface area contributed by atoms with Crippen LogP contribution in [-0.2, 0) is 19.4 Å². The van der Waals surface area contributed by atoms with E-state index in [1.165, 1.54) is 0 Å². The molecule has 29 heavy (non-hydrogen) atoms. The molecule has 1 amide bonds. The quantitative estimate of drug-likeness (QED) is 0.724. The minimum absolute atomic E-state index is 0.00762. The van der Waals surface area contributed by atoms with E-state index in [2.05, 4.69) is 24.3 Å². The van der Waals surface area contributed by atoms with E-state index in [1.807, 2.05) is 30.1 Å². The maximum Gasteiger partial charge on any atom is 0.242 e. The van der Waals surface area contributed by atoms with Crippen LogP contribution in [0.3, 0.4) is 0 Å². The first-order chi connectivity index (χ1) is 13.9. The molecule has 0 aromatic heterocycles. The number of amides is 1. The van der Waals surface area contributed by atoms with Crippen molar-refractivity contribution in [3.63, 3.8) is 0 Å². The van der Waals surface area contributed by atoms with Crippen LogP contribution in [0.15, 0.2) is 42.5 Å². The summed E-state index contributed by atoms with van der Waals surface area (Å²) in [6.07, 6.45) is 2.44. The lowest BCUT2D eigenvalue weighted by atomic mass is 10.1. The molecule has 0 spiro atoms. The molecule has 7 heteroatoms. The Kier molecular flexibility index (Phi) is 5.79. The molecule has 0 radical (unpaired) electrons. The number of hydrogen-bond acceptors (Lipinski definition) is 5. The summed E-state index contributed by atoms with van der Waals surface area (Å²) in [6.45, 7) is 1.40. The Morgan fingerprint density at radius 1 is 1.14 bits per heavy atom. The highest BCUT2D eigenvalue weighted by Crippen LogP contribution is 2.24. The van der Waals surface area contributed by atoms with Gasteiger partial charge in [0.2, 0.25) is 5.91 Å². The van der Waals surface area contributed by atoms with Gasteiger partial charge in [0.1, 0.15) is 0 Å². The number of nitrogens with zero attached hydrogens (tertiary/aromatic N) is 2. The van der Waals surface area contributed by atoms with Gasteiger partial charge in [-0.2, -0.15) is 0 Å². The lowest BCUT2D eigenvalue weighted by Gasteiger charge is -2.32. The third-order valence-corrected chi connectivity index (χ3v) is 7.69. The number of carbonyl (C=O) groups is 1. The number of likely N-dealkylation sites (N-methyl/N-ethyl adjacent to an activating group) is 1. The summed E-state index contributed by atoms with van der Waals surface area (Å²) in [6, 6.07) is 14.0. The maximum atomic E-state index is 13.2. The standard InChI is InChI=1S/C22H28N2O4S/c1-23(19-9-8-17-5-2-3-6-18(17)13-19)15-22(25)24(14-21-7-4-11-28-21)20-10-12-29(26,27)16-20/h2-3,5-6,8-9,13,20-21H,4,7,10-12,14-16H2,1H3. The lowest BCUT2D eigenvalue weighted by Crippen LogP contribution is -2.48. The van der Waals surface area contributed by atoms with Crippen molar-refractivity contribution in [2.45, 2.75) is 31.4 Å². The van der Waals surface area contributed by atoms with Crippen LogP contribution in [0.2, 0.25) is 0 Å². The predicted octanol–water partition coefficient (Wildman–Crippen LogP) is 2.47. The fourth-order valence-electron chi connectivity index (χ4n) is 4.28. The van der Waals surface area contributed by atoms with Crippen molar-refractivity contribution in [3.8, 4) is 0 Å². The molecular formula is C22H28N2O4S. The largest absolute Gasteiger partial charge is 0.376 e. The molecule has 0 saturated carbocycles. The van der Waals surface area contributed by atoms with Gasteiger partial charge in [-0.25, -0.2) is 8.42 Å². The molecular weight excluding hydrogens is 388 g/mol. The average molecular weight is 417 g/mol. The summed E-state index contributed by atoms with van der Waals surface area (Å²) < 4.78 is 29.7. The second-order valence-electron chi connectivity index (χ2n) is 8.13. The van der Waals surface area contributed by atoms with Crippen molar-refractivity contribution in [1.82, 2.24) is 4.90 Å². The first kappa shape index (κ1) is 20.2. The summed E-state index contributed by atoms with van der Waals surface area (Å²) in [5.41, 5.74) is 0.966. The van der Waals surface area contributed by atoms with Crippen LogP contribution in [0, 0.1) is 0 Å². The minimum atomic E-state index is -3.06. The fraction of sp³-hybridized carbons (Fsp3) is 0.500. The Bertz CT molecular complexity index is 985. The maximum absolute atomic E-state index is 13.2. The average Bonchev–Trinajstić information content (AvgIpc) is 3.34. The highest BCUT2D eigenvalue weighted by atomic mass is 32.2. The van der Waals surface area contributed by atoms with Crippen molar-refractivity contribution in [3.05, 3.63) is 42.5 Å². The van der Waals surface area contributed by atoms with Crippen LogP contribution in [0.1, 0.15) is 19.3 Å². The number of hydrogen-bond donors (Lipinski definition) is 0. The van der Waals surface area contributed by atoms with Gasteiger partial charge in [-0.05, 0) is 42.2 Å². The van der Waals surface area contributed by atoms with Gasteiger partial charge >= 0.3 is 0 Å². The molecule has 2 saturated heterocycles. The molecule has 2 atom stereocenters. The van der Waals surface area contributed by atoms with Crippen LogP contribution in [-0.4, -0.2) is 69.6 Å². The second kappa shape index (κ2) is 8.32. The molecule has 6 nitrogen and oxygen atoms in total. The Morgan fingerprint density at radius 2 is 1.93 bits per heavy atom. The van der Waals surface area contributed by atoms with Crippen molar-refractivity contribution < 1.29 is 17.9 Å². The predicted molar refractivity (Wildman–Crippen MR) is 115 cm³/mol. The molecule has 156 valence electrons. The zero-order valence-corrected chi connectivity index (χ0v) is 17.6. The molecule has 0 aliphatic carbocycles. The second-order valence-corrected chi connectivity index (χ2v) is 10.4. The Labute approximate surface area is 172 Å². The van der Waals surface area contributed by atoms with Gasteiger partial charge in [-0.3, -0.25) is 4.79 Å². The first-order valence-electron chi connectivity index (χ1n) is 10.2. The summed E-state index contributed by atoms with van der Waals surface area (Å²) in [7, 11) is -1.16. The van der Waals surface area contributed by atoms with Crippen LogP contribution >= 0.6 is 0 Å². The molecule has 2 fully saturated rings. The summed E-state index contributed by atoms with van der Waals surface area (Å²) >= 11 is 0. The highest BCUT2D eigenvalue weighted by Gasteiger charge is 2.36. The van der Waals surface area contributed by atoms with Gasteiger partial charge in [-0.1, -0.05) is 30.3 Å². The third kappa shape index (κ3) is 4.73. The summed E-state index contributed by atoms with van der Waals surface area (Å²) in [5.74, 6) is 0.178. The third-order valence-electron chi connectivity index (χ3n) is 5.94. The molecule has 4 rings (SSSR count). The lowest BCUT2D eigenvalue weighted by molar-refractivity contribution is -0.133. The Balaban J connectivity index is 1.49.